The van der Waals surface area contributed by atoms with E-state index in [0.29, 0.717) is 33.7 Å². The topological polar surface area (TPSA) is 104 Å². The van der Waals surface area contributed by atoms with E-state index in [-0.39, 0.29) is 36.6 Å². The first-order valence-corrected chi connectivity index (χ1v) is 9.28. The Hall–Kier alpha value is -3.68. The zero-order chi connectivity index (χ0) is 20.5. The summed E-state index contributed by atoms with van der Waals surface area (Å²) in [7, 11) is 0. The number of anilines is 1. The number of benzene rings is 2. The molecule has 0 bridgehead atoms. The lowest BCUT2D eigenvalue weighted by atomic mass is 10.1. The van der Waals surface area contributed by atoms with Crippen molar-refractivity contribution in [1.82, 2.24) is 14.9 Å². The summed E-state index contributed by atoms with van der Waals surface area (Å²) >= 11 is 0. The number of hydrogen-bond acceptors (Lipinski definition) is 5. The highest BCUT2D eigenvalue weighted by molar-refractivity contribution is 6.00. The first kappa shape index (κ1) is 18.7. The number of rotatable bonds is 4. The number of aromatic nitrogens is 2. The van der Waals surface area contributed by atoms with Crippen LogP contribution in [0.3, 0.4) is 0 Å². The van der Waals surface area contributed by atoms with Crippen molar-refractivity contribution in [3.63, 3.8) is 0 Å². The Bertz CT molecular complexity index is 1170. The lowest BCUT2D eigenvalue weighted by Gasteiger charge is -2.27. The van der Waals surface area contributed by atoms with Crippen LogP contribution >= 0.6 is 0 Å². The number of para-hydroxylation sites is 1. The molecule has 0 aliphatic carbocycles. The summed E-state index contributed by atoms with van der Waals surface area (Å²) in [6.45, 7) is 3.89. The summed E-state index contributed by atoms with van der Waals surface area (Å²) in [4.78, 5) is 45.9. The predicted octanol–water partition coefficient (Wildman–Crippen LogP) is 2.30. The van der Waals surface area contributed by atoms with Crippen molar-refractivity contribution in [2.45, 2.75) is 26.4 Å². The van der Waals surface area contributed by atoms with Crippen LogP contribution in [0.15, 0.2) is 47.3 Å². The Morgan fingerprint density at radius 2 is 2.00 bits per heavy atom. The molecule has 2 amide bonds. The van der Waals surface area contributed by atoms with Crippen molar-refractivity contribution in [3.05, 3.63) is 64.2 Å². The number of hydrogen-bond donors (Lipinski definition) is 2. The van der Waals surface area contributed by atoms with Gasteiger partial charge in [0, 0.05) is 11.6 Å². The van der Waals surface area contributed by atoms with E-state index in [2.05, 4.69) is 15.3 Å². The zero-order valence-electron chi connectivity index (χ0n) is 16.1. The third-order valence-electron chi connectivity index (χ3n) is 4.73. The second-order valence-electron chi connectivity index (χ2n) is 7.10. The van der Waals surface area contributed by atoms with Crippen molar-refractivity contribution in [1.29, 1.82) is 0 Å². The van der Waals surface area contributed by atoms with Crippen LogP contribution in [0.5, 0.6) is 5.75 Å². The van der Waals surface area contributed by atoms with Gasteiger partial charge >= 0.3 is 0 Å². The van der Waals surface area contributed by atoms with Gasteiger partial charge in [-0.25, -0.2) is 4.98 Å². The average Bonchev–Trinajstić information content (AvgIpc) is 2.71. The maximum Gasteiger partial charge on any atom is 0.262 e. The quantitative estimate of drug-likeness (QED) is 0.709. The number of aromatic amines is 1. The molecule has 8 nitrogen and oxygen atoms in total. The van der Waals surface area contributed by atoms with Crippen LogP contribution in [0.2, 0.25) is 0 Å². The Balaban J connectivity index is 1.64. The minimum atomic E-state index is -0.263. The summed E-state index contributed by atoms with van der Waals surface area (Å²) < 4.78 is 5.34. The van der Waals surface area contributed by atoms with Crippen LogP contribution in [-0.4, -0.2) is 39.3 Å². The normalized spacial score (nSPS) is 13.0. The Kier molecular flexibility index (Phi) is 4.75. The molecular weight excluding hydrogens is 372 g/mol. The number of fused-ring (bicyclic) bond motifs is 2. The van der Waals surface area contributed by atoms with Crippen LogP contribution in [-0.2, 0) is 11.3 Å². The standard InChI is InChI=1S/C21H20N4O4/c1-12(2)25(10-18-22-15-6-4-3-5-14(15)20(27)24-18)21(28)13-7-8-17-16(9-13)23-19(26)11-29-17/h3-9,12H,10-11H2,1-2H3,(H,23,26)(H,22,24,27). The van der Waals surface area contributed by atoms with Gasteiger partial charge in [-0.2, -0.15) is 0 Å². The van der Waals surface area contributed by atoms with E-state index in [9.17, 15) is 14.4 Å². The molecule has 2 N–H and O–H groups in total. The fraction of sp³-hybridized carbons (Fsp3) is 0.238. The van der Waals surface area contributed by atoms with Gasteiger partial charge in [0.05, 0.1) is 23.1 Å². The number of nitrogens with zero attached hydrogens (tertiary/aromatic N) is 2. The molecule has 0 radical (unpaired) electrons. The van der Waals surface area contributed by atoms with Crippen LogP contribution in [0.25, 0.3) is 10.9 Å². The van der Waals surface area contributed by atoms with Gasteiger partial charge in [-0.15, -0.1) is 0 Å². The summed E-state index contributed by atoms with van der Waals surface area (Å²) in [5, 5.41) is 3.21. The van der Waals surface area contributed by atoms with E-state index < -0.39 is 0 Å². The third-order valence-corrected chi connectivity index (χ3v) is 4.73. The molecule has 0 spiro atoms. The highest BCUT2D eigenvalue weighted by atomic mass is 16.5. The molecule has 1 aliphatic rings. The molecule has 2 heterocycles. The SMILES string of the molecule is CC(C)N(Cc1nc2ccccc2c(=O)[nH]1)C(=O)c1ccc2c(c1)NC(=O)CO2. The molecule has 0 fully saturated rings. The van der Waals surface area contributed by atoms with E-state index in [1.54, 1.807) is 41.3 Å². The van der Waals surface area contributed by atoms with Crippen LogP contribution in [0.1, 0.15) is 30.0 Å². The number of nitrogens with one attached hydrogen (secondary N) is 2. The van der Waals surface area contributed by atoms with Gasteiger partial charge in [0.2, 0.25) is 0 Å². The maximum atomic E-state index is 13.2. The molecule has 0 unspecified atom stereocenters. The second-order valence-corrected chi connectivity index (χ2v) is 7.10. The van der Waals surface area contributed by atoms with Crippen LogP contribution in [0, 0.1) is 0 Å². The minimum Gasteiger partial charge on any atom is -0.482 e. The van der Waals surface area contributed by atoms with Gasteiger partial charge in [-0.05, 0) is 44.2 Å². The highest BCUT2D eigenvalue weighted by Gasteiger charge is 2.23. The van der Waals surface area contributed by atoms with E-state index in [4.69, 9.17) is 4.74 Å². The molecule has 4 rings (SSSR count). The van der Waals surface area contributed by atoms with Gasteiger partial charge in [0.25, 0.3) is 17.4 Å². The molecule has 148 valence electrons. The summed E-state index contributed by atoms with van der Waals surface area (Å²) in [6.07, 6.45) is 0. The molecular formula is C21H20N4O4. The number of H-pyrrole nitrogens is 1. The maximum absolute atomic E-state index is 13.2. The van der Waals surface area contributed by atoms with E-state index >= 15 is 0 Å². The molecule has 3 aromatic rings. The average molecular weight is 392 g/mol. The summed E-state index contributed by atoms with van der Waals surface area (Å²) in [5.74, 6) is 0.433. The summed E-state index contributed by atoms with van der Waals surface area (Å²) in [5.41, 5.74) is 1.21. The monoisotopic (exact) mass is 392 g/mol. The highest BCUT2D eigenvalue weighted by Crippen LogP contribution is 2.29. The summed E-state index contributed by atoms with van der Waals surface area (Å²) in [6, 6.07) is 11.8. The smallest absolute Gasteiger partial charge is 0.262 e. The van der Waals surface area contributed by atoms with Crippen molar-refractivity contribution >= 4 is 28.4 Å². The minimum absolute atomic E-state index is 0.0423. The van der Waals surface area contributed by atoms with Crippen molar-refractivity contribution < 1.29 is 14.3 Å². The zero-order valence-corrected chi connectivity index (χ0v) is 16.1. The number of carbonyl (C=O) groups is 2. The fourth-order valence-corrected chi connectivity index (χ4v) is 3.24. The van der Waals surface area contributed by atoms with Gasteiger partial charge < -0.3 is 19.9 Å². The van der Waals surface area contributed by atoms with Gasteiger partial charge in [0.1, 0.15) is 11.6 Å². The van der Waals surface area contributed by atoms with Crippen LogP contribution in [0.4, 0.5) is 5.69 Å². The van der Waals surface area contributed by atoms with E-state index in [1.165, 1.54) is 0 Å². The molecule has 29 heavy (non-hydrogen) atoms. The molecule has 0 atom stereocenters. The first-order chi connectivity index (χ1) is 13.9. The fourth-order valence-electron chi connectivity index (χ4n) is 3.24. The Morgan fingerprint density at radius 3 is 2.79 bits per heavy atom. The van der Waals surface area contributed by atoms with E-state index in [1.807, 2.05) is 19.9 Å². The second kappa shape index (κ2) is 7.38. The third kappa shape index (κ3) is 3.69. The van der Waals surface area contributed by atoms with Gasteiger partial charge in [-0.3, -0.25) is 14.4 Å². The number of amides is 2. The molecule has 2 aromatic carbocycles. The van der Waals surface area contributed by atoms with Gasteiger partial charge in [0.15, 0.2) is 6.61 Å². The van der Waals surface area contributed by atoms with Crippen molar-refractivity contribution in [2.75, 3.05) is 11.9 Å². The lowest BCUT2D eigenvalue weighted by molar-refractivity contribution is -0.118. The van der Waals surface area contributed by atoms with Crippen LogP contribution < -0.4 is 15.6 Å². The number of carbonyl (C=O) groups excluding carboxylic acids is 2. The Morgan fingerprint density at radius 1 is 1.21 bits per heavy atom. The Labute approximate surface area is 166 Å². The molecule has 8 heteroatoms. The number of ether oxygens (including phenoxy) is 1. The predicted molar refractivity (Wildman–Crippen MR) is 108 cm³/mol. The molecule has 0 saturated carbocycles. The molecule has 0 saturated heterocycles. The first-order valence-electron chi connectivity index (χ1n) is 9.28. The van der Waals surface area contributed by atoms with Crippen molar-refractivity contribution in [3.8, 4) is 5.75 Å². The van der Waals surface area contributed by atoms with E-state index in [0.717, 1.165) is 0 Å². The van der Waals surface area contributed by atoms with Crippen molar-refractivity contribution in [2.24, 2.45) is 0 Å². The van der Waals surface area contributed by atoms with Gasteiger partial charge in [-0.1, -0.05) is 12.1 Å². The largest absolute Gasteiger partial charge is 0.482 e. The lowest BCUT2D eigenvalue weighted by Crippen LogP contribution is -2.37. The molecule has 1 aromatic heterocycles. The molecule has 1 aliphatic heterocycles.